The van der Waals surface area contributed by atoms with E-state index in [9.17, 15) is 18.0 Å². The van der Waals surface area contributed by atoms with E-state index >= 15 is 0 Å². The van der Waals surface area contributed by atoms with Crippen LogP contribution >= 0.6 is 11.6 Å². The molecule has 2 amide bonds. The highest BCUT2D eigenvalue weighted by Crippen LogP contribution is 2.30. The van der Waals surface area contributed by atoms with E-state index in [1.807, 2.05) is 63.2 Å². The molecule has 0 heterocycles. The molecule has 4 aromatic carbocycles. The summed E-state index contributed by atoms with van der Waals surface area (Å²) in [5.74, 6) is -0.0890. The molecule has 10 heteroatoms. The number of carbonyl (C=O) groups is 2. The van der Waals surface area contributed by atoms with Crippen LogP contribution in [0.4, 0.5) is 5.69 Å². The molecule has 0 aromatic heterocycles. The first-order chi connectivity index (χ1) is 22.4. The van der Waals surface area contributed by atoms with Gasteiger partial charge in [0.1, 0.15) is 18.3 Å². The minimum absolute atomic E-state index is 0.0418. The number of aryl methyl sites for hydroxylation is 2. The van der Waals surface area contributed by atoms with E-state index in [4.69, 9.17) is 16.3 Å². The molecule has 4 aromatic rings. The Balaban J connectivity index is 1.83. The summed E-state index contributed by atoms with van der Waals surface area (Å²) in [4.78, 5) is 30.1. The van der Waals surface area contributed by atoms with E-state index in [2.05, 4.69) is 5.32 Å². The first kappa shape index (κ1) is 35.5. The van der Waals surface area contributed by atoms with Crippen molar-refractivity contribution < 1.29 is 22.7 Å². The molecule has 0 saturated carbocycles. The topological polar surface area (TPSA) is 96.0 Å². The van der Waals surface area contributed by atoms with Crippen molar-refractivity contribution >= 4 is 39.1 Å². The summed E-state index contributed by atoms with van der Waals surface area (Å²) in [5, 5.41) is 3.44. The molecule has 0 bridgehead atoms. The van der Waals surface area contributed by atoms with Gasteiger partial charge in [0.05, 0.1) is 17.7 Å². The van der Waals surface area contributed by atoms with Gasteiger partial charge in [0, 0.05) is 24.5 Å². The fraction of sp³-hybridized carbons (Fsp3) is 0.297. The Labute approximate surface area is 283 Å². The predicted octanol–water partition coefficient (Wildman–Crippen LogP) is 6.57. The molecular weight excluding hydrogens is 634 g/mol. The second kappa shape index (κ2) is 16.0. The highest BCUT2D eigenvalue weighted by molar-refractivity contribution is 7.92. The number of rotatable bonds is 14. The van der Waals surface area contributed by atoms with Gasteiger partial charge < -0.3 is 15.0 Å². The lowest BCUT2D eigenvalue weighted by Crippen LogP contribution is -2.53. The van der Waals surface area contributed by atoms with Crippen molar-refractivity contribution in [1.82, 2.24) is 10.2 Å². The molecule has 8 nitrogen and oxygen atoms in total. The van der Waals surface area contributed by atoms with E-state index in [0.717, 1.165) is 21.0 Å². The predicted molar refractivity (Wildman–Crippen MR) is 187 cm³/mol. The van der Waals surface area contributed by atoms with Crippen molar-refractivity contribution in [3.05, 3.63) is 124 Å². The lowest BCUT2D eigenvalue weighted by Gasteiger charge is -2.34. The average molecular weight is 676 g/mol. The number of amides is 2. The first-order valence-electron chi connectivity index (χ1n) is 15.5. The highest BCUT2D eigenvalue weighted by Gasteiger charge is 2.35. The SMILES string of the molecule is COc1cccc(CN(C(=O)CN(c2ccc(Cl)cc2C)S(=O)(=O)c2ccc(C)cc2)[C@H](Cc2ccccc2)C(=O)NCC(C)C)c1. The van der Waals surface area contributed by atoms with Gasteiger partial charge in [-0.2, -0.15) is 0 Å². The lowest BCUT2D eigenvalue weighted by molar-refractivity contribution is -0.140. The minimum atomic E-state index is -4.22. The summed E-state index contributed by atoms with van der Waals surface area (Å²) < 4.78 is 35.1. The molecule has 47 heavy (non-hydrogen) atoms. The van der Waals surface area contributed by atoms with Crippen molar-refractivity contribution in [3.63, 3.8) is 0 Å². The smallest absolute Gasteiger partial charge is 0.264 e. The Morgan fingerprint density at radius 2 is 1.55 bits per heavy atom. The number of nitrogens with zero attached hydrogens (tertiary/aromatic N) is 2. The van der Waals surface area contributed by atoms with Crippen LogP contribution in [0.15, 0.2) is 102 Å². The zero-order valence-electron chi connectivity index (χ0n) is 27.4. The summed E-state index contributed by atoms with van der Waals surface area (Å²) in [6, 6.07) is 27.1. The normalized spacial score (nSPS) is 12.0. The third-order valence-corrected chi connectivity index (χ3v) is 9.77. The summed E-state index contributed by atoms with van der Waals surface area (Å²) >= 11 is 6.25. The molecule has 0 aliphatic heterocycles. The Morgan fingerprint density at radius 1 is 0.872 bits per heavy atom. The van der Waals surface area contributed by atoms with Gasteiger partial charge in [-0.25, -0.2) is 8.42 Å². The monoisotopic (exact) mass is 675 g/mol. The summed E-state index contributed by atoms with van der Waals surface area (Å²) in [6.07, 6.45) is 0.227. The molecule has 4 rings (SSSR count). The van der Waals surface area contributed by atoms with Crippen LogP contribution in [0.2, 0.25) is 5.02 Å². The number of ether oxygens (including phenoxy) is 1. The Morgan fingerprint density at radius 3 is 2.19 bits per heavy atom. The van der Waals surface area contributed by atoms with Gasteiger partial charge in [0.15, 0.2) is 0 Å². The maximum Gasteiger partial charge on any atom is 0.264 e. The number of methoxy groups -OCH3 is 1. The fourth-order valence-corrected chi connectivity index (χ4v) is 6.90. The number of sulfonamides is 1. The zero-order chi connectivity index (χ0) is 34.1. The third kappa shape index (κ3) is 9.36. The molecule has 0 unspecified atom stereocenters. The number of nitrogens with one attached hydrogen (secondary N) is 1. The maximum atomic E-state index is 14.7. The molecule has 0 spiro atoms. The van der Waals surface area contributed by atoms with Gasteiger partial charge in [-0.15, -0.1) is 0 Å². The minimum Gasteiger partial charge on any atom is -0.497 e. The van der Waals surface area contributed by atoms with Crippen molar-refractivity contribution in [2.45, 2.75) is 51.6 Å². The molecule has 1 N–H and O–H groups in total. The van der Waals surface area contributed by atoms with Crippen LogP contribution in [-0.4, -0.2) is 51.4 Å². The average Bonchev–Trinajstić information content (AvgIpc) is 3.05. The Kier molecular flexibility index (Phi) is 12.1. The zero-order valence-corrected chi connectivity index (χ0v) is 29.0. The van der Waals surface area contributed by atoms with Gasteiger partial charge in [-0.1, -0.05) is 85.6 Å². The quantitative estimate of drug-likeness (QED) is 0.163. The molecular formula is C37H42ClN3O5S. The van der Waals surface area contributed by atoms with E-state index < -0.39 is 28.5 Å². The van der Waals surface area contributed by atoms with Gasteiger partial charge in [0.25, 0.3) is 10.0 Å². The van der Waals surface area contributed by atoms with Crippen LogP contribution in [0.3, 0.4) is 0 Å². The fourth-order valence-electron chi connectivity index (χ4n) is 5.19. The number of carbonyl (C=O) groups excluding carboxylic acids is 2. The second-order valence-electron chi connectivity index (χ2n) is 12.0. The van der Waals surface area contributed by atoms with E-state index in [1.165, 1.54) is 17.0 Å². The van der Waals surface area contributed by atoms with Crippen molar-refractivity contribution in [3.8, 4) is 5.75 Å². The Hall–Kier alpha value is -4.34. The van der Waals surface area contributed by atoms with Crippen molar-refractivity contribution in [2.75, 3.05) is 24.5 Å². The van der Waals surface area contributed by atoms with E-state index in [1.54, 1.807) is 56.5 Å². The first-order valence-corrected chi connectivity index (χ1v) is 17.3. The van der Waals surface area contributed by atoms with Gasteiger partial charge in [-0.3, -0.25) is 13.9 Å². The number of benzene rings is 4. The van der Waals surface area contributed by atoms with Crippen LogP contribution in [0.5, 0.6) is 5.75 Å². The number of halogens is 1. The van der Waals surface area contributed by atoms with Crippen LogP contribution in [0.25, 0.3) is 0 Å². The molecule has 248 valence electrons. The van der Waals surface area contributed by atoms with Crippen LogP contribution in [0, 0.1) is 19.8 Å². The number of anilines is 1. The van der Waals surface area contributed by atoms with Gasteiger partial charge >= 0.3 is 0 Å². The Bertz CT molecular complexity index is 1780. The highest BCUT2D eigenvalue weighted by atomic mass is 35.5. The largest absolute Gasteiger partial charge is 0.497 e. The standard InChI is InChI=1S/C37H42ClN3O5S/c1-26(2)23-39-37(43)35(22-29-10-7-6-8-11-29)40(24-30-12-9-13-32(21-30)46-5)36(42)25-41(34-19-16-31(38)20-28(34)4)47(44,45)33-17-14-27(3)15-18-33/h6-21,26,35H,22-25H2,1-5H3,(H,39,43)/t35-/m1/s1. The molecule has 1 atom stereocenters. The lowest BCUT2D eigenvalue weighted by atomic mass is 10.0. The molecule has 0 fully saturated rings. The third-order valence-electron chi connectivity index (χ3n) is 7.76. The van der Waals surface area contributed by atoms with E-state index in [-0.39, 0.29) is 29.7 Å². The van der Waals surface area contributed by atoms with E-state index in [0.29, 0.717) is 28.6 Å². The van der Waals surface area contributed by atoms with Crippen molar-refractivity contribution in [1.29, 1.82) is 0 Å². The van der Waals surface area contributed by atoms with Gasteiger partial charge in [0.2, 0.25) is 11.8 Å². The maximum absolute atomic E-state index is 14.7. The molecule has 0 saturated heterocycles. The van der Waals surface area contributed by atoms with Crippen LogP contribution in [-0.2, 0) is 32.6 Å². The van der Waals surface area contributed by atoms with Crippen LogP contribution < -0.4 is 14.4 Å². The molecule has 0 aliphatic carbocycles. The van der Waals surface area contributed by atoms with Crippen LogP contribution in [0.1, 0.15) is 36.1 Å². The van der Waals surface area contributed by atoms with Crippen molar-refractivity contribution in [2.24, 2.45) is 5.92 Å². The second-order valence-corrected chi connectivity index (χ2v) is 14.3. The number of hydrogen-bond donors (Lipinski definition) is 1. The summed E-state index contributed by atoms with van der Waals surface area (Å²) in [7, 11) is -2.67. The summed E-state index contributed by atoms with van der Waals surface area (Å²) in [5.41, 5.74) is 3.38. The number of hydrogen-bond acceptors (Lipinski definition) is 5. The molecule has 0 aliphatic rings. The molecule has 0 radical (unpaired) electrons. The summed E-state index contributed by atoms with van der Waals surface area (Å²) in [6.45, 7) is 7.51. The van der Waals surface area contributed by atoms with Gasteiger partial charge in [-0.05, 0) is 78.9 Å².